The molecule has 108 valence electrons. The normalized spacial score (nSPS) is 11.2. The van der Waals surface area contributed by atoms with Gasteiger partial charge in [0, 0.05) is 5.92 Å². The van der Waals surface area contributed by atoms with Crippen LogP contribution in [-0.2, 0) is 0 Å². The number of carbonyl (C=O) groups is 1. The maximum absolute atomic E-state index is 12.2. The van der Waals surface area contributed by atoms with Gasteiger partial charge in [-0.3, -0.25) is 4.79 Å². The van der Waals surface area contributed by atoms with Crippen LogP contribution in [0.4, 0.5) is 5.69 Å². The van der Waals surface area contributed by atoms with Crippen molar-refractivity contribution < 1.29 is 4.79 Å². The molecule has 3 aromatic rings. The van der Waals surface area contributed by atoms with Gasteiger partial charge in [0.05, 0.1) is 10.7 Å². The summed E-state index contributed by atoms with van der Waals surface area (Å²) in [6.45, 7) is 4.00. The highest BCUT2D eigenvalue weighted by Crippen LogP contribution is 2.23. The first-order chi connectivity index (χ1) is 10.1. The minimum Gasteiger partial charge on any atom is -0.318 e. The zero-order valence-corrected chi connectivity index (χ0v) is 12.9. The van der Waals surface area contributed by atoms with E-state index < -0.39 is 0 Å². The fraction of sp³-hybridized carbons (Fsp3) is 0.231. The SMILES string of the molecule is CC(C)c1nnc2sc(C(=O)Nc3ccccc3Cl)nn12. The summed E-state index contributed by atoms with van der Waals surface area (Å²) in [4.78, 5) is 12.8. The number of fused-ring (bicyclic) bond motifs is 1. The van der Waals surface area contributed by atoms with Crippen LogP contribution in [0.15, 0.2) is 24.3 Å². The maximum Gasteiger partial charge on any atom is 0.286 e. The number of nitrogens with one attached hydrogen (secondary N) is 1. The lowest BCUT2D eigenvalue weighted by Gasteiger charge is -2.04. The molecular weight excluding hydrogens is 310 g/mol. The average molecular weight is 322 g/mol. The Hall–Kier alpha value is -1.99. The molecule has 0 aliphatic carbocycles. The van der Waals surface area contributed by atoms with Crippen molar-refractivity contribution in [3.8, 4) is 0 Å². The third kappa shape index (κ3) is 2.62. The number of hydrogen-bond acceptors (Lipinski definition) is 5. The quantitative estimate of drug-likeness (QED) is 0.804. The number of hydrogen-bond donors (Lipinski definition) is 1. The Morgan fingerprint density at radius 3 is 2.81 bits per heavy atom. The van der Waals surface area contributed by atoms with Gasteiger partial charge in [-0.05, 0) is 12.1 Å². The van der Waals surface area contributed by atoms with E-state index in [9.17, 15) is 4.79 Å². The Balaban J connectivity index is 1.90. The molecule has 2 aromatic heterocycles. The van der Waals surface area contributed by atoms with Crippen molar-refractivity contribution in [1.82, 2.24) is 19.8 Å². The van der Waals surface area contributed by atoms with Crippen LogP contribution >= 0.6 is 22.9 Å². The van der Waals surface area contributed by atoms with E-state index in [0.717, 1.165) is 5.82 Å². The van der Waals surface area contributed by atoms with Gasteiger partial charge in [-0.1, -0.05) is 48.9 Å². The summed E-state index contributed by atoms with van der Waals surface area (Å²) >= 11 is 7.21. The molecule has 1 aromatic carbocycles. The molecular formula is C13H12ClN5OS. The van der Waals surface area contributed by atoms with Crippen LogP contribution in [0.25, 0.3) is 4.96 Å². The highest BCUT2D eigenvalue weighted by molar-refractivity contribution is 7.18. The zero-order valence-electron chi connectivity index (χ0n) is 11.4. The standard InChI is InChI=1S/C13H12ClN5OS/c1-7(2)10-16-17-13-19(10)18-12(21-13)11(20)15-9-6-4-3-5-8(9)14/h3-7H,1-2H3,(H,15,20). The Bertz CT molecular complexity index is 810. The van der Waals surface area contributed by atoms with Crippen molar-refractivity contribution in [3.05, 3.63) is 40.1 Å². The van der Waals surface area contributed by atoms with Gasteiger partial charge in [-0.25, -0.2) is 0 Å². The first kappa shape index (κ1) is 14.0. The molecule has 1 N–H and O–H groups in total. The molecule has 0 bridgehead atoms. The fourth-order valence-corrected chi connectivity index (χ4v) is 2.75. The predicted molar refractivity (Wildman–Crippen MR) is 82.2 cm³/mol. The molecule has 0 aliphatic rings. The molecule has 8 heteroatoms. The van der Waals surface area contributed by atoms with Gasteiger partial charge in [-0.2, -0.15) is 4.52 Å². The second-order valence-electron chi connectivity index (χ2n) is 4.75. The first-order valence-electron chi connectivity index (χ1n) is 6.34. The number of rotatable bonds is 3. The molecule has 0 unspecified atom stereocenters. The van der Waals surface area contributed by atoms with Gasteiger partial charge >= 0.3 is 0 Å². The van der Waals surface area contributed by atoms with Crippen molar-refractivity contribution in [2.24, 2.45) is 0 Å². The van der Waals surface area contributed by atoms with Gasteiger partial charge in [0.25, 0.3) is 5.91 Å². The Labute approximate surface area is 129 Å². The lowest BCUT2D eigenvalue weighted by Crippen LogP contribution is -2.12. The smallest absolute Gasteiger partial charge is 0.286 e. The minimum atomic E-state index is -0.312. The van der Waals surface area contributed by atoms with Crippen LogP contribution < -0.4 is 5.32 Å². The van der Waals surface area contributed by atoms with E-state index in [1.165, 1.54) is 11.3 Å². The summed E-state index contributed by atoms with van der Waals surface area (Å²) in [6, 6.07) is 7.06. The lowest BCUT2D eigenvalue weighted by atomic mass is 10.2. The zero-order chi connectivity index (χ0) is 15.0. The Kier molecular flexibility index (Phi) is 3.60. The number of para-hydroxylation sites is 1. The highest BCUT2D eigenvalue weighted by atomic mass is 35.5. The van der Waals surface area contributed by atoms with Crippen LogP contribution in [0.2, 0.25) is 5.02 Å². The molecule has 1 amide bonds. The third-order valence-electron chi connectivity index (χ3n) is 2.85. The van der Waals surface area contributed by atoms with E-state index in [2.05, 4.69) is 20.6 Å². The van der Waals surface area contributed by atoms with E-state index in [-0.39, 0.29) is 11.8 Å². The van der Waals surface area contributed by atoms with Crippen molar-refractivity contribution in [3.63, 3.8) is 0 Å². The van der Waals surface area contributed by atoms with Crippen LogP contribution in [0.1, 0.15) is 35.4 Å². The van der Waals surface area contributed by atoms with Crippen LogP contribution in [0, 0.1) is 0 Å². The molecule has 0 saturated heterocycles. The lowest BCUT2D eigenvalue weighted by molar-refractivity contribution is 0.102. The fourth-order valence-electron chi connectivity index (χ4n) is 1.82. The summed E-state index contributed by atoms with van der Waals surface area (Å²) in [7, 11) is 0. The molecule has 2 heterocycles. The third-order valence-corrected chi connectivity index (χ3v) is 4.07. The maximum atomic E-state index is 12.2. The number of carbonyl (C=O) groups excluding carboxylic acids is 1. The molecule has 6 nitrogen and oxygen atoms in total. The molecule has 3 rings (SSSR count). The average Bonchev–Trinajstić information content (AvgIpc) is 3.00. The summed E-state index contributed by atoms with van der Waals surface area (Å²) < 4.78 is 1.61. The van der Waals surface area contributed by atoms with E-state index in [4.69, 9.17) is 11.6 Å². The van der Waals surface area contributed by atoms with Gasteiger partial charge in [0.1, 0.15) is 0 Å². The van der Waals surface area contributed by atoms with Crippen molar-refractivity contribution in [2.45, 2.75) is 19.8 Å². The second-order valence-corrected chi connectivity index (χ2v) is 6.11. The van der Waals surface area contributed by atoms with Crippen molar-refractivity contribution >= 4 is 39.5 Å². The van der Waals surface area contributed by atoms with Gasteiger partial charge in [0.15, 0.2) is 5.82 Å². The Morgan fingerprint density at radius 1 is 1.33 bits per heavy atom. The number of anilines is 1. The van der Waals surface area contributed by atoms with E-state index in [1.807, 2.05) is 13.8 Å². The molecule has 0 fully saturated rings. The molecule has 0 aliphatic heterocycles. The first-order valence-corrected chi connectivity index (χ1v) is 7.53. The second kappa shape index (κ2) is 5.42. The van der Waals surface area contributed by atoms with E-state index >= 15 is 0 Å². The number of halogens is 1. The van der Waals surface area contributed by atoms with E-state index in [0.29, 0.717) is 20.7 Å². The number of amides is 1. The highest BCUT2D eigenvalue weighted by Gasteiger charge is 2.18. The largest absolute Gasteiger partial charge is 0.318 e. The number of benzene rings is 1. The predicted octanol–water partition coefficient (Wildman–Crippen LogP) is 3.21. The van der Waals surface area contributed by atoms with Gasteiger partial charge < -0.3 is 5.32 Å². The van der Waals surface area contributed by atoms with Crippen LogP contribution in [0.3, 0.4) is 0 Å². The summed E-state index contributed by atoms with van der Waals surface area (Å²) in [5, 5.41) is 15.9. The van der Waals surface area contributed by atoms with E-state index in [1.54, 1.807) is 28.8 Å². The number of nitrogens with zero attached hydrogens (tertiary/aromatic N) is 4. The summed E-state index contributed by atoms with van der Waals surface area (Å²) in [5.41, 5.74) is 0.555. The molecule has 0 atom stereocenters. The van der Waals surface area contributed by atoms with Crippen molar-refractivity contribution in [1.29, 1.82) is 0 Å². The van der Waals surface area contributed by atoms with Crippen molar-refractivity contribution in [2.75, 3.05) is 5.32 Å². The van der Waals surface area contributed by atoms with Gasteiger partial charge in [-0.15, -0.1) is 15.3 Å². The van der Waals surface area contributed by atoms with Crippen LogP contribution in [-0.4, -0.2) is 25.7 Å². The molecule has 0 radical (unpaired) electrons. The monoisotopic (exact) mass is 321 g/mol. The molecule has 0 saturated carbocycles. The summed E-state index contributed by atoms with van der Waals surface area (Å²) in [5.74, 6) is 0.605. The summed E-state index contributed by atoms with van der Waals surface area (Å²) in [6.07, 6.45) is 0. The Morgan fingerprint density at radius 2 is 2.10 bits per heavy atom. The minimum absolute atomic E-state index is 0.182. The van der Waals surface area contributed by atoms with Gasteiger partial charge in [0.2, 0.25) is 9.97 Å². The number of aromatic nitrogens is 4. The molecule has 21 heavy (non-hydrogen) atoms. The van der Waals surface area contributed by atoms with Crippen LogP contribution in [0.5, 0.6) is 0 Å². The topological polar surface area (TPSA) is 72.2 Å². The molecule has 0 spiro atoms.